The lowest BCUT2D eigenvalue weighted by atomic mass is 10.3. The number of nitro groups is 1. The van der Waals surface area contributed by atoms with Crippen LogP contribution >= 0.6 is 0 Å². The second-order valence-electron chi connectivity index (χ2n) is 4.03. The van der Waals surface area contributed by atoms with Crippen LogP contribution in [0.3, 0.4) is 0 Å². The number of sulfonamides is 1. The van der Waals surface area contributed by atoms with Gasteiger partial charge in [0.25, 0.3) is 0 Å². The van der Waals surface area contributed by atoms with Gasteiger partial charge in [-0.05, 0) is 13.3 Å². The molecule has 0 radical (unpaired) electrons. The Labute approximate surface area is 113 Å². The summed E-state index contributed by atoms with van der Waals surface area (Å²) >= 11 is 0. The van der Waals surface area contributed by atoms with E-state index in [1.165, 1.54) is 6.92 Å². The van der Waals surface area contributed by atoms with E-state index in [2.05, 4.69) is 0 Å². The molecule has 2 N–H and O–H groups in total. The Kier molecular flexibility index (Phi) is 5.09. The summed E-state index contributed by atoms with van der Waals surface area (Å²) in [6, 6.07) is 0.455. The number of nitrogens with zero attached hydrogens (tertiary/aromatic N) is 1. The van der Waals surface area contributed by atoms with Gasteiger partial charge in [-0.3, -0.25) is 10.1 Å². The van der Waals surface area contributed by atoms with Gasteiger partial charge in [-0.2, -0.15) is 4.39 Å². The summed E-state index contributed by atoms with van der Waals surface area (Å²) in [5, 5.41) is 19.5. The zero-order valence-electron chi connectivity index (χ0n) is 10.3. The summed E-state index contributed by atoms with van der Waals surface area (Å²) < 4.78 is 52.0. The maximum absolute atomic E-state index is 13.4. The minimum Gasteiger partial charge on any atom is -0.393 e. The monoisotopic (exact) mass is 310 g/mol. The zero-order chi connectivity index (χ0) is 15.5. The molecule has 0 aliphatic rings. The maximum Gasteiger partial charge on any atom is 0.306 e. The third-order valence-corrected chi connectivity index (χ3v) is 3.82. The molecule has 0 spiro atoms. The molecule has 0 aliphatic carbocycles. The second-order valence-corrected chi connectivity index (χ2v) is 5.76. The molecular weight excluding hydrogens is 298 g/mol. The van der Waals surface area contributed by atoms with Gasteiger partial charge in [-0.15, -0.1) is 0 Å². The van der Waals surface area contributed by atoms with E-state index in [4.69, 9.17) is 5.11 Å². The molecule has 1 aromatic rings. The summed E-state index contributed by atoms with van der Waals surface area (Å²) in [6.45, 7) is 1.24. The van der Waals surface area contributed by atoms with E-state index in [1.54, 1.807) is 0 Å². The minimum absolute atomic E-state index is 0.0735. The first kappa shape index (κ1) is 16.4. The highest BCUT2D eigenvalue weighted by Crippen LogP contribution is 2.24. The zero-order valence-corrected chi connectivity index (χ0v) is 11.2. The van der Waals surface area contributed by atoms with E-state index < -0.39 is 43.3 Å². The lowest BCUT2D eigenvalue weighted by Gasteiger charge is -2.09. The molecule has 0 aromatic heterocycles. The molecule has 0 heterocycles. The average molecular weight is 310 g/mol. The van der Waals surface area contributed by atoms with E-state index >= 15 is 0 Å². The van der Waals surface area contributed by atoms with Gasteiger partial charge in [0.05, 0.1) is 11.0 Å². The minimum atomic E-state index is -4.37. The molecule has 0 amide bonds. The lowest BCUT2D eigenvalue weighted by molar-refractivity contribution is -0.387. The highest BCUT2D eigenvalue weighted by molar-refractivity contribution is 7.89. The molecule has 0 bridgehead atoms. The fraction of sp³-hybridized carbons (Fsp3) is 0.400. The van der Waals surface area contributed by atoms with Crippen molar-refractivity contribution in [2.45, 2.75) is 24.3 Å². The molecule has 0 saturated heterocycles. The molecule has 1 aromatic carbocycles. The van der Waals surface area contributed by atoms with Crippen molar-refractivity contribution in [2.75, 3.05) is 6.54 Å². The number of hydrogen-bond acceptors (Lipinski definition) is 5. The van der Waals surface area contributed by atoms with Crippen LogP contribution in [0.4, 0.5) is 14.5 Å². The second kappa shape index (κ2) is 6.20. The standard InChI is InChI=1S/C10H12F2N2O5S/c1-6(15)2-3-13-20(18,19)10-5-9(14(16)17)7(11)4-8(10)12/h4-6,13,15H,2-3H2,1H3. The number of rotatable bonds is 6. The van der Waals surface area contributed by atoms with Crippen molar-refractivity contribution in [3.05, 3.63) is 33.9 Å². The molecule has 112 valence electrons. The molecular formula is C10H12F2N2O5S. The molecule has 0 aliphatic heterocycles. The highest BCUT2D eigenvalue weighted by Gasteiger charge is 2.26. The first-order valence-electron chi connectivity index (χ1n) is 5.46. The number of halogens is 2. The number of nitro benzene ring substituents is 1. The lowest BCUT2D eigenvalue weighted by Crippen LogP contribution is -2.27. The van der Waals surface area contributed by atoms with Gasteiger partial charge in [-0.25, -0.2) is 17.5 Å². The molecule has 1 unspecified atom stereocenters. The Balaban J connectivity index is 3.11. The number of nitrogens with one attached hydrogen (secondary N) is 1. The van der Waals surface area contributed by atoms with E-state index in [0.717, 1.165) is 0 Å². The molecule has 1 rings (SSSR count). The Morgan fingerprint density at radius 2 is 2.00 bits per heavy atom. The summed E-state index contributed by atoms with van der Waals surface area (Å²) in [7, 11) is -4.37. The van der Waals surface area contributed by atoms with Crippen LogP contribution in [0.25, 0.3) is 0 Å². The molecule has 7 nitrogen and oxygen atoms in total. The summed E-state index contributed by atoms with van der Waals surface area (Å²) in [6.07, 6.45) is -0.700. The number of aliphatic hydroxyl groups excluding tert-OH is 1. The van der Waals surface area contributed by atoms with Gasteiger partial charge in [0, 0.05) is 18.7 Å². The van der Waals surface area contributed by atoms with Crippen LogP contribution in [-0.2, 0) is 10.0 Å². The summed E-state index contributed by atoms with van der Waals surface area (Å²) in [4.78, 5) is 8.34. The third kappa shape index (κ3) is 3.92. The predicted octanol–water partition coefficient (Wildman–Crippen LogP) is 0.922. The van der Waals surface area contributed by atoms with Crippen molar-refractivity contribution in [1.82, 2.24) is 4.72 Å². The van der Waals surface area contributed by atoms with Crippen molar-refractivity contribution in [3.63, 3.8) is 0 Å². The Hall–Kier alpha value is -1.65. The Morgan fingerprint density at radius 1 is 1.40 bits per heavy atom. The Bertz CT molecular complexity index is 618. The van der Waals surface area contributed by atoms with Crippen LogP contribution in [0.1, 0.15) is 13.3 Å². The molecule has 0 fully saturated rings. The van der Waals surface area contributed by atoms with Crippen molar-refractivity contribution in [2.24, 2.45) is 0 Å². The first-order valence-corrected chi connectivity index (χ1v) is 6.94. The molecule has 10 heteroatoms. The van der Waals surface area contributed by atoms with Crippen LogP contribution in [0.2, 0.25) is 0 Å². The van der Waals surface area contributed by atoms with E-state index in [1.807, 2.05) is 4.72 Å². The van der Waals surface area contributed by atoms with Gasteiger partial charge in [0.15, 0.2) is 0 Å². The SMILES string of the molecule is CC(O)CCNS(=O)(=O)c1cc([N+](=O)[O-])c(F)cc1F. The average Bonchev–Trinajstić information content (AvgIpc) is 2.26. The maximum atomic E-state index is 13.4. The number of aliphatic hydroxyl groups is 1. The van der Waals surface area contributed by atoms with Gasteiger partial charge < -0.3 is 5.11 Å². The topological polar surface area (TPSA) is 110 Å². The highest BCUT2D eigenvalue weighted by atomic mass is 32.2. The summed E-state index contributed by atoms with van der Waals surface area (Å²) in [5.74, 6) is -2.90. The van der Waals surface area contributed by atoms with Gasteiger partial charge in [0.2, 0.25) is 15.8 Å². The molecule has 1 atom stereocenters. The van der Waals surface area contributed by atoms with Crippen molar-refractivity contribution >= 4 is 15.7 Å². The van der Waals surface area contributed by atoms with Crippen LogP contribution < -0.4 is 4.72 Å². The van der Waals surface area contributed by atoms with Crippen LogP contribution in [0, 0.1) is 21.7 Å². The van der Waals surface area contributed by atoms with Gasteiger partial charge >= 0.3 is 5.69 Å². The normalized spacial score (nSPS) is 13.2. The Morgan fingerprint density at radius 3 is 2.50 bits per heavy atom. The smallest absolute Gasteiger partial charge is 0.306 e. The fourth-order valence-electron chi connectivity index (χ4n) is 1.34. The van der Waals surface area contributed by atoms with Crippen LogP contribution in [-0.4, -0.2) is 31.1 Å². The van der Waals surface area contributed by atoms with Crippen molar-refractivity contribution < 1.29 is 27.2 Å². The largest absolute Gasteiger partial charge is 0.393 e. The first-order chi connectivity index (χ1) is 9.15. The van der Waals surface area contributed by atoms with E-state index in [-0.39, 0.29) is 19.0 Å². The predicted molar refractivity (Wildman–Crippen MR) is 64.5 cm³/mol. The molecule has 20 heavy (non-hydrogen) atoms. The number of benzene rings is 1. The van der Waals surface area contributed by atoms with Crippen molar-refractivity contribution in [3.8, 4) is 0 Å². The van der Waals surface area contributed by atoms with Gasteiger partial charge in [-0.1, -0.05) is 0 Å². The number of hydrogen-bond donors (Lipinski definition) is 2. The van der Waals surface area contributed by atoms with Crippen molar-refractivity contribution in [1.29, 1.82) is 0 Å². The van der Waals surface area contributed by atoms with E-state index in [0.29, 0.717) is 6.07 Å². The molecule has 0 saturated carbocycles. The third-order valence-electron chi connectivity index (χ3n) is 2.34. The van der Waals surface area contributed by atoms with Crippen LogP contribution in [0.15, 0.2) is 17.0 Å². The van der Waals surface area contributed by atoms with E-state index in [9.17, 15) is 27.3 Å². The fourth-order valence-corrected chi connectivity index (χ4v) is 2.47. The van der Waals surface area contributed by atoms with Gasteiger partial charge in [0.1, 0.15) is 10.7 Å². The summed E-state index contributed by atoms with van der Waals surface area (Å²) in [5.41, 5.74) is -1.14. The van der Waals surface area contributed by atoms with Crippen LogP contribution in [0.5, 0.6) is 0 Å². The quantitative estimate of drug-likeness (QED) is 0.600.